The molecule has 1 N–H and O–H groups in total. The van der Waals surface area contributed by atoms with Crippen LogP contribution in [0.25, 0.3) is 5.69 Å². The molecule has 1 fully saturated rings. The van der Waals surface area contributed by atoms with Gasteiger partial charge in [-0.15, -0.1) is 10.2 Å². The summed E-state index contributed by atoms with van der Waals surface area (Å²) in [7, 11) is -4.71. The van der Waals surface area contributed by atoms with E-state index in [1.165, 1.54) is 18.8 Å². The average molecular weight is 565 g/mol. The SMILES string of the molecule is COc1cccc(OC)c1-n1c(NS(=O)(=O)[C@@H](C)[C@H](C)c2ncc(C)cn2)nnc1[C@@H]1CCCCS1(=O)=O. The van der Waals surface area contributed by atoms with E-state index in [1.54, 1.807) is 44.4 Å². The third-order valence-corrected chi connectivity index (χ3v) is 10.8. The second-order valence-electron chi connectivity index (χ2n) is 9.34. The zero-order valence-electron chi connectivity index (χ0n) is 21.9. The maximum absolute atomic E-state index is 13.6. The highest BCUT2D eigenvalue weighted by Gasteiger charge is 2.38. The van der Waals surface area contributed by atoms with Gasteiger partial charge >= 0.3 is 0 Å². The largest absolute Gasteiger partial charge is 0.494 e. The Hall–Kier alpha value is -3.26. The van der Waals surface area contributed by atoms with Crippen LogP contribution < -0.4 is 14.2 Å². The number of aryl methyl sites for hydroxylation is 1. The quantitative estimate of drug-likeness (QED) is 0.410. The standard InChI is InChI=1S/C24H32N6O6S2/c1-15-13-25-22(26-14-15)16(2)17(3)38(33,34)29-24-28-27-23(20-11-6-7-12-37(20,31)32)30(24)21-18(35-4)9-8-10-19(21)36-5/h8-10,13-14,16-17,20H,6-7,11-12H2,1-5H3,(H,28,29)/t16-,17-,20-/m0/s1. The Bertz CT molecular complexity index is 1480. The van der Waals surface area contributed by atoms with Crippen molar-refractivity contribution in [1.82, 2.24) is 24.7 Å². The van der Waals surface area contributed by atoms with E-state index in [1.807, 2.05) is 6.92 Å². The number of sulfone groups is 1. The van der Waals surface area contributed by atoms with Crippen LogP contribution in [0.15, 0.2) is 30.6 Å². The number of aromatic nitrogens is 5. The van der Waals surface area contributed by atoms with E-state index in [4.69, 9.17) is 9.47 Å². The Morgan fingerprint density at radius 3 is 2.26 bits per heavy atom. The fraction of sp³-hybridized carbons (Fsp3) is 0.500. The maximum Gasteiger partial charge on any atom is 0.243 e. The van der Waals surface area contributed by atoms with Gasteiger partial charge in [0.05, 0.1) is 25.2 Å². The van der Waals surface area contributed by atoms with Gasteiger partial charge in [0.2, 0.25) is 16.0 Å². The van der Waals surface area contributed by atoms with Gasteiger partial charge in [-0.1, -0.05) is 19.4 Å². The second kappa shape index (κ2) is 10.8. The maximum atomic E-state index is 13.6. The Balaban J connectivity index is 1.83. The number of sulfonamides is 1. The highest BCUT2D eigenvalue weighted by Crippen LogP contribution is 2.40. The third-order valence-electron chi connectivity index (χ3n) is 6.82. The van der Waals surface area contributed by atoms with Crippen LogP contribution in [0.5, 0.6) is 11.5 Å². The molecule has 1 aliphatic rings. The first-order chi connectivity index (χ1) is 18.0. The molecule has 1 aliphatic heterocycles. The van der Waals surface area contributed by atoms with E-state index < -0.39 is 36.3 Å². The van der Waals surface area contributed by atoms with E-state index in [-0.39, 0.29) is 17.5 Å². The highest BCUT2D eigenvalue weighted by atomic mass is 32.2. The zero-order chi connectivity index (χ0) is 27.7. The Kier molecular flexibility index (Phi) is 7.93. The molecule has 0 spiro atoms. The summed E-state index contributed by atoms with van der Waals surface area (Å²) >= 11 is 0. The fourth-order valence-electron chi connectivity index (χ4n) is 4.42. The molecule has 0 unspecified atom stereocenters. The normalized spacial score (nSPS) is 18.9. The minimum absolute atomic E-state index is 0.0136. The summed E-state index contributed by atoms with van der Waals surface area (Å²) in [6.45, 7) is 5.12. The lowest BCUT2D eigenvalue weighted by atomic mass is 10.1. The molecule has 0 bridgehead atoms. The Morgan fingerprint density at radius 2 is 1.68 bits per heavy atom. The molecule has 1 saturated heterocycles. The predicted molar refractivity (Wildman–Crippen MR) is 142 cm³/mol. The molecule has 3 aromatic rings. The molecule has 4 rings (SSSR count). The minimum atomic E-state index is -4.07. The van der Waals surface area contributed by atoms with Gasteiger partial charge in [-0.2, -0.15) is 0 Å². The van der Waals surface area contributed by atoms with E-state index in [9.17, 15) is 16.8 Å². The Labute approximate surface area is 222 Å². The first kappa shape index (κ1) is 27.8. The fourth-order valence-corrected chi connectivity index (χ4v) is 7.55. The number of hydrogen-bond donors (Lipinski definition) is 1. The van der Waals surface area contributed by atoms with Crippen molar-refractivity contribution in [1.29, 1.82) is 0 Å². The molecule has 12 nitrogen and oxygen atoms in total. The van der Waals surface area contributed by atoms with Gasteiger partial charge in [0.1, 0.15) is 28.3 Å². The number of hydrogen-bond acceptors (Lipinski definition) is 10. The minimum Gasteiger partial charge on any atom is -0.494 e. The van der Waals surface area contributed by atoms with Crippen molar-refractivity contribution in [2.24, 2.45) is 0 Å². The van der Waals surface area contributed by atoms with Crippen LogP contribution in [0.1, 0.15) is 61.5 Å². The summed E-state index contributed by atoms with van der Waals surface area (Å²) in [4.78, 5) is 8.55. The number of para-hydroxylation sites is 1. The molecule has 3 atom stereocenters. The summed E-state index contributed by atoms with van der Waals surface area (Å²) in [5.41, 5.74) is 1.15. The molecule has 1 aromatic carbocycles. The molecule has 206 valence electrons. The zero-order valence-corrected chi connectivity index (χ0v) is 23.6. The van der Waals surface area contributed by atoms with E-state index in [0.717, 1.165) is 5.56 Å². The number of nitrogens with one attached hydrogen (secondary N) is 1. The van der Waals surface area contributed by atoms with E-state index in [0.29, 0.717) is 42.3 Å². The van der Waals surface area contributed by atoms with Crippen LogP contribution in [0, 0.1) is 6.92 Å². The van der Waals surface area contributed by atoms with Crippen LogP contribution in [0.2, 0.25) is 0 Å². The topological polar surface area (TPSA) is 155 Å². The van der Waals surface area contributed by atoms with Gasteiger partial charge in [0.25, 0.3) is 0 Å². The van der Waals surface area contributed by atoms with Crippen LogP contribution >= 0.6 is 0 Å². The molecule has 0 aliphatic carbocycles. The van der Waals surface area contributed by atoms with Gasteiger partial charge in [-0.05, 0) is 44.4 Å². The molecule has 14 heteroatoms. The smallest absolute Gasteiger partial charge is 0.243 e. The first-order valence-electron chi connectivity index (χ1n) is 12.2. The predicted octanol–water partition coefficient (Wildman–Crippen LogP) is 2.96. The van der Waals surface area contributed by atoms with Gasteiger partial charge in [-0.3, -0.25) is 9.29 Å². The Morgan fingerprint density at radius 1 is 1.05 bits per heavy atom. The lowest BCUT2D eigenvalue weighted by Gasteiger charge is -2.24. The number of anilines is 1. The van der Waals surface area contributed by atoms with E-state index in [2.05, 4.69) is 24.9 Å². The van der Waals surface area contributed by atoms with Crippen molar-refractivity contribution in [3.8, 4) is 17.2 Å². The van der Waals surface area contributed by atoms with Crippen molar-refractivity contribution in [3.05, 3.63) is 47.8 Å². The molecule has 0 saturated carbocycles. The van der Waals surface area contributed by atoms with Gasteiger partial charge in [-0.25, -0.2) is 26.8 Å². The lowest BCUT2D eigenvalue weighted by molar-refractivity contribution is 0.390. The third kappa shape index (κ3) is 5.32. The summed E-state index contributed by atoms with van der Waals surface area (Å²) in [6, 6.07) is 5.03. The van der Waals surface area contributed by atoms with Crippen LogP contribution in [-0.2, 0) is 19.9 Å². The summed E-state index contributed by atoms with van der Waals surface area (Å²) < 4.78 is 68.2. The van der Waals surface area contributed by atoms with Crippen LogP contribution in [0.3, 0.4) is 0 Å². The highest BCUT2D eigenvalue weighted by molar-refractivity contribution is 7.93. The van der Waals surface area contributed by atoms with Crippen LogP contribution in [0.4, 0.5) is 5.95 Å². The number of rotatable bonds is 9. The summed E-state index contributed by atoms with van der Waals surface area (Å²) in [5.74, 6) is 0.417. The van der Waals surface area contributed by atoms with Crippen molar-refractivity contribution in [2.45, 2.75) is 56.5 Å². The number of ether oxygens (including phenoxy) is 2. The molecule has 38 heavy (non-hydrogen) atoms. The molecule has 3 heterocycles. The van der Waals surface area contributed by atoms with Gasteiger partial charge < -0.3 is 9.47 Å². The summed E-state index contributed by atoms with van der Waals surface area (Å²) in [6.07, 6.45) is 4.84. The first-order valence-corrected chi connectivity index (χ1v) is 15.4. The summed E-state index contributed by atoms with van der Waals surface area (Å²) in [5, 5.41) is 6.38. The number of benzene rings is 1. The molecule has 2 aromatic heterocycles. The van der Waals surface area contributed by atoms with Crippen molar-refractivity contribution in [2.75, 3.05) is 24.7 Å². The molecular formula is C24H32N6O6S2. The lowest BCUT2D eigenvalue weighted by Crippen LogP contribution is -2.32. The molecule has 0 radical (unpaired) electrons. The van der Waals surface area contributed by atoms with Crippen molar-refractivity contribution >= 4 is 25.8 Å². The molecular weight excluding hydrogens is 532 g/mol. The van der Waals surface area contributed by atoms with Gasteiger partial charge in [0.15, 0.2) is 15.7 Å². The average Bonchev–Trinajstić information content (AvgIpc) is 3.28. The van der Waals surface area contributed by atoms with Gasteiger partial charge in [0, 0.05) is 18.3 Å². The second-order valence-corrected chi connectivity index (χ2v) is 13.7. The van der Waals surface area contributed by atoms with Crippen molar-refractivity contribution in [3.63, 3.8) is 0 Å². The number of methoxy groups -OCH3 is 2. The monoisotopic (exact) mass is 564 g/mol. The molecule has 0 amide bonds. The van der Waals surface area contributed by atoms with Crippen molar-refractivity contribution < 1.29 is 26.3 Å². The van der Waals surface area contributed by atoms with Crippen LogP contribution in [-0.4, -0.2) is 66.8 Å². The number of nitrogens with zero attached hydrogens (tertiary/aromatic N) is 5. The van der Waals surface area contributed by atoms with E-state index >= 15 is 0 Å².